The summed E-state index contributed by atoms with van der Waals surface area (Å²) in [7, 11) is 0. The fourth-order valence-electron chi connectivity index (χ4n) is 3.93. The number of hydrogen-bond acceptors (Lipinski definition) is 5. The van der Waals surface area contributed by atoms with E-state index in [1.807, 2.05) is 35.5 Å². The molecule has 0 saturated carbocycles. The number of amides is 1. The fraction of sp³-hybridized carbons (Fsp3) is 0.455. The first kappa shape index (κ1) is 18.9. The van der Waals surface area contributed by atoms with E-state index in [4.69, 9.17) is 4.74 Å². The van der Waals surface area contributed by atoms with Crippen LogP contribution in [-0.4, -0.2) is 71.5 Å². The standard InChI is InChI=1S/C22H28N4O2/c27-22(18-25-14-15-28-21-5-2-1-4-20(21)17-25)26-11-3-10-24(12-13-26)16-19-6-8-23-9-7-19/h1-2,4-9H,3,10-18H2. The Kier molecular flexibility index (Phi) is 6.19. The normalized spacial score (nSPS) is 18.6. The molecule has 1 amide bonds. The molecule has 2 aromatic rings. The smallest absolute Gasteiger partial charge is 0.236 e. The van der Waals surface area contributed by atoms with Gasteiger partial charge in [0.15, 0.2) is 0 Å². The summed E-state index contributed by atoms with van der Waals surface area (Å²) in [5.74, 6) is 1.17. The lowest BCUT2D eigenvalue weighted by atomic mass is 10.2. The molecule has 1 fully saturated rings. The van der Waals surface area contributed by atoms with Crippen LogP contribution in [0.5, 0.6) is 5.75 Å². The molecule has 0 spiro atoms. The van der Waals surface area contributed by atoms with E-state index in [0.717, 1.165) is 63.5 Å². The van der Waals surface area contributed by atoms with E-state index in [1.54, 1.807) is 0 Å². The summed E-state index contributed by atoms with van der Waals surface area (Å²) in [5, 5.41) is 0. The quantitative estimate of drug-likeness (QED) is 0.812. The van der Waals surface area contributed by atoms with E-state index in [0.29, 0.717) is 13.2 Å². The second kappa shape index (κ2) is 9.17. The number of ether oxygens (including phenoxy) is 1. The summed E-state index contributed by atoms with van der Waals surface area (Å²) in [6.07, 6.45) is 4.70. The Morgan fingerprint density at radius 1 is 0.964 bits per heavy atom. The Hall–Kier alpha value is -2.44. The van der Waals surface area contributed by atoms with Crippen molar-refractivity contribution in [3.63, 3.8) is 0 Å². The average molecular weight is 380 g/mol. The summed E-state index contributed by atoms with van der Waals surface area (Å²) in [4.78, 5) is 23.7. The SMILES string of the molecule is O=C(CN1CCOc2ccccc2C1)N1CCCN(Cc2ccncc2)CC1. The summed E-state index contributed by atoms with van der Waals surface area (Å²) in [6.45, 7) is 7.14. The summed E-state index contributed by atoms with van der Waals surface area (Å²) < 4.78 is 5.82. The molecule has 0 atom stereocenters. The van der Waals surface area contributed by atoms with Crippen LogP contribution in [0.4, 0.5) is 0 Å². The molecule has 1 aromatic carbocycles. The van der Waals surface area contributed by atoms with Crippen molar-refractivity contribution in [2.24, 2.45) is 0 Å². The Bertz CT molecular complexity index is 783. The Morgan fingerprint density at radius 2 is 1.82 bits per heavy atom. The molecule has 28 heavy (non-hydrogen) atoms. The summed E-state index contributed by atoms with van der Waals surface area (Å²) in [5.41, 5.74) is 2.44. The minimum Gasteiger partial charge on any atom is -0.492 e. The molecule has 1 saturated heterocycles. The second-order valence-electron chi connectivity index (χ2n) is 7.53. The van der Waals surface area contributed by atoms with Crippen molar-refractivity contribution in [1.29, 1.82) is 0 Å². The number of pyridine rings is 1. The van der Waals surface area contributed by atoms with Crippen molar-refractivity contribution in [2.75, 3.05) is 45.9 Å². The maximum absolute atomic E-state index is 12.9. The zero-order valence-corrected chi connectivity index (χ0v) is 16.3. The predicted octanol–water partition coefficient (Wildman–Crippen LogP) is 2.01. The van der Waals surface area contributed by atoms with Gasteiger partial charge in [-0.25, -0.2) is 0 Å². The van der Waals surface area contributed by atoms with Gasteiger partial charge in [0.25, 0.3) is 0 Å². The number of benzene rings is 1. The first-order valence-corrected chi connectivity index (χ1v) is 10.1. The molecule has 148 valence electrons. The monoisotopic (exact) mass is 380 g/mol. The number of aromatic nitrogens is 1. The van der Waals surface area contributed by atoms with Crippen LogP contribution in [0, 0.1) is 0 Å². The van der Waals surface area contributed by atoms with E-state index in [2.05, 4.69) is 33.0 Å². The van der Waals surface area contributed by atoms with Crippen LogP contribution < -0.4 is 4.74 Å². The zero-order valence-electron chi connectivity index (χ0n) is 16.3. The molecule has 0 aliphatic carbocycles. The molecule has 6 nitrogen and oxygen atoms in total. The van der Waals surface area contributed by atoms with Crippen LogP contribution in [0.15, 0.2) is 48.8 Å². The third-order valence-electron chi connectivity index (χ3n) is 5.49. The molecule has 2 aliphatic rings. The van der Waals surface area contributed by atoms with Gasteiger partial charge in [0.1, 0.15) is 12.4 Å². The third kappa shape index (κ3) is 4.88. The number of fused-ring (bicyclic) bond motifs is 1. The predicted molar refractivity (Wildman–Crippen MR) is 108 cm³/mol. The second-order valence-corrected chi connectivity index (χ2v) is 7.53. The van der Waals surface area contributed by atoms with Crippen molar-refractivity contribution in [3.05, 3.63) is 59.9 Å². The largest absolute Gasteiger partial charge is 0.492 e. The summed E-state index contributed by atoms with van der Waals surface area (Å²) >= 11 is 0. The van der Waals surface area contributed by atoms with E-state index < -0.39 is 0 Å². The van der Waals surface area contributed by atoms with Gasteiger partial charge in [-0.05, 0) is 30.2 Å². The highest BCUT2D eigenvalue weighted by atomic mass is 16.5. The van der Waals surface area contributed by atoms with Gasteiger partial charge in [-0.2, -0.15) is 0 Å². The van der Waals surface area contributed by atoms with E-state index in [9.17, 15) is 4.79 Å². The van der Waals surface area contributed by atoms with Crippen molar-refractivity contribution in [3.8, 4) is 5.75 Å². The van der Waals surface area contributed by atoms with Crippen LogP contribution in [0.3, 0.4) is 0 Å². The number of hydrogen-bond donors (Lipinski definition) is 0. The zero-order chi connectivity index (χ0) is 19.2. The first-order chi connectivity index (χ1) is 13.8. The maximum atomic E-state index is 12.9. The van der Waals surface area contributed by atoms with Crippen LogP contribution >= 0.6 is 0 Å². The number of rotatable bonds is 4. The molecule has 3 heterocycles. The number of nitrogens with zero attached hydrogens (tertiary/aromatic N) is 4. The van der Waals surface area contributed by atoms with Gasteiger partial charge >= 0.3 is 0 Å². The maximum Gasteiger partial charge on any atom is 0.236 e. The van der Waals surface area contributed by atoms with Gasteiger partial charge in [-0.3, -0.25) is 19.6 Å². The first-order valence-electron chi connectivity index (χ1n) is 10.1. The van der Waals surface area contributed by atoms with Gasteiger partial charge in [0.2, 0.25) is 5.91 Å². The van der Waals surface area contributed by atoms with E-state index >= 15 is 0 Å². The molecule has 0 N–H and O–H groups in total. The fourth-order valence-corrected chi connectivity index (χ4v) is 3.93. The molecule has 0 bridgehead atoms. The van der Waals surface area contributed by atoms with E-state index in [-0.39, 0.29) is 5.91 Å². The van der Waals surface area contributed by atoms with Crippen molar-refractivity contribution in [2.45, 2.75) is 19.5 Å². The molecule has 0 unspecified atom stereocenters. The topological polar surface area (TPSA) is 48.9 Å². The van der Waals surface area contributed by atoms with Gasteiger partial charge in [0, 0.05) is 63.8 Å². The van der Waals surface area contributed by atoms with Crippen LogP contribution in [0.25, 0.3) is 0 Å². The molecule has 2 aliphatic heterocycles. The number of carbonyl (C=O) groups excluding carboxylic acids is 1. The lowest BCUT2D eigenvalue weighted by Crippen LogP contribution is -2.42. The van der Waals surface area contributed by atoms with Gasteiger partial charge in [-0.15, -0.1) is 0 Å². The van der Waals surface area contributed by atoms with Gasteiger partial charge in [-0.1, -0.05) is 18.2 Å². The van der Waals surface area contributed by atoms with Crippen LogP contribution in [-0.2, 0) is 17.9 Å². The van der Waals surface area contributed by atoms with Gasteiger partial charge < -0.3 is 9.64 Å². The number of carbonyl (C=O) groups is 1. The lowest BCUT2D eigenvalue weighted by molar-refractivity contribution is -0.132. The molecular formula is C22H28N4O2. The third-order valence-corrected chi connectivity index (χ3v) is 5.49. The highest BCUT2D eigenvalue weighted by Gasteiger charge is 2.23. The Labute approximate surface area is 166 Å². The van der Waals surface area contributed by atoms with Crippen LogP contribution in [0.2, 0.25) is 0 Å². The molecular weight excluding hydrogens is 352 g/mol. The molecule has 0 radical (unpaired) electrons. The molecule has 4 rings (SSSR count). The van der Waals surface area contributed by atoms with Crippen molar-refractivity contribution < 1.29 is 9.53 Å². The van der Waals surface area contributed by atoms with Crippen molar-refractivity contribution >= 4 is 5.91 Å². The molecule has 6 heteroatoms. The minimum absolute atomic E-state index is 0.227. The Balaban J connectivity index is 1.30. The van der Waals surface area contributed by atoms with Gasteiger partial charge in [0.05, 0.1) is 6.54 Å². The minimum atomic E-state index is 0.227. The van der Waals surface area contributed by atoms with Crippen molar-refractivity contribution in [1.82, 2.24) is 19.7 Å². The molecule has 1 aromatic heterocycles. The number of para-hydroxylation sites is 1. The average Bonchev–Trinajstić information content (AvgIpc) is 3.07. The Morgan fingerprint density at radius 3 is 2.71 bits per heavy atom. The summed E-state index contributed by atoms with van der Waals surface area (Å²) in [6, 6.07) is 12.2. The van der Waals surface area contributed by atoms with E-state index in [1.165, 1.54) is 5.56 Å². The lowest BCUT2D eigenvalue weighted by Gasteiger charge is -2.25. The highest BCUT2D eigenvalue weighted by Crippen LogP contribution is 2.22. The highest BCUT2D eigenvalue weighted by molar-refractivity contribution is 5.78. The van der Waals surface area contributed by atoms with Crippen LogP contribution in [0.1, 0.15) is 17.5 Å².